The normalized spacial score (nSPS) is 19.5. The summed E-state index contributed by atoms with van der Waals surface area (Å²) in [6, 6.07) is 10.9. The number of rotatable bonds is 4. The quantitative estimate of drug-likeness (QED) is 0.724. The van der Waals surface area contributed by atoms with Gasteiger partial charge in [0.1, 0.15) is 5.65 Å². The molecule has 1 fully saturated rings. The predicted molar refractivity (Wildman–Crippen MR) is 102 cm³/mol. The number of nitrogens with zero attached hydrogens (tertiary/aromatic N) is 2. The molecular formula is C20H18ClN3O3. The van der Waals surface area contributed by atoms with Crippen LogP contribution in [0, 0.1) is 5.92 Å². The molecule has 1 saturated heterocycles. The van der Waals surface area contributed by atoms with E-state index in [-0.39, 0.29) is 24.8 Å². The number of amides is 1. The largest absolute Gasteiger partial charge is 0.481 e. The third kappa shape index (κ3) is 3.40. The van der Waals surface area contributed by atoms with Crippen LogP contribution < -0.4 is 0 Å². The molecule has 3 aromatic rings. The van der Waals surface area contributed by atoms with Crippen LogP contribution in [0.1, 0.15) is 17.0 Å². The van der Waals surface area contributed by atoms with Gasteiger partial charge in [-0.25, -0.2) is 4.98 Å². The summed E-state index contributed by atoms with van der Waals surface area (Å²) in [5, 5.41) is 11.1. The van der Waals surface area contributed by atoms with E-state index in [1.807, 2.05) is 24.3 Å². The van der Waals surface area contributed by atoms with Gasteiger partial charge in [0.05, 0.1) is 12.3 Å². The molecular weight excluding hydrogens is 366 g/mol. The molecule has 0 spiro atoms. The van der Waals surface area contributed by atoms with Crippen molar-refractivity contribution in [3.63, 3.8) is 0 Å². The second kappa shape index (κ2) is 7.04. The standard InChI is InChI=1S/C20H18ClN3O3/c21-14-5-3-12(4-6-14)16-10-24(11-17(16)20(26)27)18(25)8-13-9-23-19-15(13)2-1-7-22-19/h1-7,9,16-17H,8,10-11H2,(H,22,23)(H,26,27)/t16-,17+/m0/s1. The average Bonchev–Trinajstić information content (AvgIpc) is 3.28. The minimum atomic E-state index is -0.887. The van der Waals surface area contributed by atoms with Gasteiger partial charge in [-0.05, 0) is 35.4 Å². The topological polar surface area (TPSA) is 86.3 Å². The molecule has 0 unspecified atom stereocenters. The lowest BCUT2D eigenvalue weighted by Crippen LogP contribution is -2.31. The number of halogens is 1. The minimum absolute atomic E-state index is 0.0810. The summed E-state index contributed by atoms with van der Waals surface area (Å²) >= 11 is 5.93. The molecule has 2 aromatic heterocycles. The van der Waals surface area contributed by atoms with Crippen molar-refractivity contribution in [3.8, 4) is 0 Å². The van der Waals surface area contributed by atoms with E-state index in [4.69, 9.17) is 11.6 Å². The van der Waals surface area contributed by atoms with Gasteiger partial charge < -0.3 is 15.0 Å². The highest BCUT2D eigenvalue weighted by Gasteiger charge is 2.40. The maximum Gasteiger partial charge on any atom is 0.308 e. The number of pyridine rings is 1. The second-order valence-electron chi connectivity index (χ2n) is 6.79. The molecule has 1 amide bonds. The number of H-pyrrole nitrogens is 1. The number of aromatic nitrogens is 2. The first-order valence-corrected chi connectivity index (χ1v) is 9.08. The number of carbonyl (C=O) groups excluding carboxylic acids is 1. The van der Waals surface area contributed by atoms with Crippen LogP contribution in [0.3, 0.4) is 0 Å². The van der Waals surface area contributed by atoms with Crippen molar-refractivity contribution in [2.24, 2.45) is 5.92 Å². The van der Waals surface area contributed by atoms with Crippen LogP contribution in [0.2, 0.25) is 5.02 Å². The number of likely N-dealkylation sites (tertiary alicyclic amines) is 1. The lowest BCUT2D eigenvalue weighted by Gasteiger charge is -2.16. The zero-order chi connectivity index (χ0) is 19.0. The van der Waals surface area contributed by atoms with Crippen molar-refractivity contribution in [1.82, 2.24) is 14.9 Å². The van der Waals surface area contributed by atoms with Gasteiger partial charge in [-0.2, -0.15) is 0 Å². The SMILES string of the molecule is O=C(O)[C@@H]1CN(C(=O)Cc2c[nH]c3ncccc23)C[C@H]1c1ccc(Cl)cc1. The van der Waals surface area contributed by atoms with E-state index < -0.39 is 11.9 Å². The monoisotopic (exact) mass is 383 g/mol. The molecule has 3 heterocycles. The van der Waals surface area contributed by atoms with Gasteiger partial charge in [-0.15, -0.1) is 0 Å². The maximum atomic E-state index is 12.8. The number of hydrogen-bond donors (Lipinski definition) is 2. The Balaban J connectivity index is 1.54. The van der Waals surface area contributed by atoms with E-state index in [1.54, 1.807) is 29.4 Å². The minimum Gasteiger partial charge on any atom is -0.481 e. The van der Waals surface area contributed by atoms with Crippen LogP contribution in [0.25, 0.3) is 11.0 Å². The zero-order valence-electron chi connectivity index (χ0n) is 14.4. The second-order valence-corrected chi connectivity index (χ2v) is 7.23. The fourth-order valence-corrected chi connectivity index (χ4v) is 3.87. The van der Waals surface area contributed by atoms with Crippen molar-refractivity contribution < 1.29 is 14.7 Å². The predicted octanol–water partition coefficient (Wildman–Crippen LogP) is 3.09. The molecule has 0 radical (unpaired) electrons. The van der Waals surface area contributed by atoms with Crippen molar-refractivity contribution in [1.29, 1.82) is 0 Å². The van der Waals surface area contributed by atoms with Crippen molar-refractivity contribution in [3.05, 3.63) is 64.9 Å². The van der Waals surface area contributed by atoms with Crippen LogP contribution >= 0.6 is 11.6 Å². The van der Waals surface area contributed by atoms with Gasteiger partial charge in [0.25, 0.3) is 0 Å². The van der Waals surface area contributed by atoms with E-state index in [2.05, 4.69) is 9.97 Å². The van der Waals surface area contributed by atoms with Gasteiger partial charge in [0.15, 0.2) is 0 Å². The third-order valence-electron chi connectivity index (χ3n) is 5.17. The van der Waals surface area contributed by atoms with Gasteiger partial charge in [-0.1, -0.05) is 23.7 Å². The fourth-order valence-electron chi connectivity index (χ4n) is 3.74. The average molecular weight is 384 g/mol. The van der Waals surface area contributed by atoms with E-state index in [1.165, 1.54) is 0 Å². The first-order chi connectivity index (χ1) is 13.0. The molecule has 2 atom stereocenters. The molecule has 1 aliphatic heterocycles. The van der Waals surface area contributed by atoms with Gasteiger partial charge in [0.2, 0.25) is 5.91 Å². The van der Waals surface area contributed by atoms with Crippen LogP contribution in [0.4, 0.5) is 0 Å². The number of carbonyl (C=O) groups is 2. The lowest BCUT2D eigenvalue weighted by atomic mass is 9.89. The molecule has 4 rings (SSSR count). The molecule has 1 aliphatic rings. The molecule has 138 valence electrons. The number of carboxylic acid groups (broad SMARTS) is 1. The van der Waals surface area contributed by atoms with Gasteiger partial charge in [-0.3, -0.25) is 9.59 Å². The van der Waals surface area contributed by atoms with Gasteiger partial charge >= 0.3 is 5.97 Å². The smallest absolute Gasteiger partial charge is 0.308 e. The van der Waals surface area contributed by atoms with Crippen LogP contribution in [0.5, 0.6) is 0 Å². The summed E-state index contributed by atoms with van der Waals surface area (Å²) in [4.78, 5) is 33.5. The summed E-state index contributed by atoms with van der Waals surface area (Å²) in [6.07, 6.45) is 3.70. The van der Waals surface area contributed by atoms with Crippen molar-refractivity contribution in [2.45, 2.75) is 12.3 Å². The highest BCUT2D eigenvalue weighted by molar-refractivity contribution is 6.30. The van der Waals surface area contributed by atoms with Crippen LogP contribution in [-0.4, -0.2) is 44.9 Å². The Labute approximate surface area is 160 Å². The van der Waals surface area contributed by atoms with E-state index >= 15 is 0 Å². The first kappa shape index (κ1) is 17.5. The highest BCUT2D eigenvalue weighted by atomic mass is 35.5. The summed E-state index contributed by atoms with van der Waals surface area (Å²) in [7, 11) is 0. The summed E-state index contributed by atoms with van der Waals surface area (Å²) in [6.45, 7) is 0.597. The Bertz CT molecular complexity index is 999. The van der Waals surface area contributed by atoms with Crippen LogP contribution in [-0.2, 0) is 16.0 Å². The van der Waals surface area contributed by atoms with E-state index in [9.17, 15) is 14.7 Å². The number of aromatic amines is 1. The number of nitrogens with one attached hydrogen (secondary N) is 1. The molecule has 27 heavy (non-hydrogen) atoms. The third-order valence-corrected chi connectivity index (χ3v) is 5.42. The maximum absolute atomic E-state index is 12.8. The van der Waals surface area contributed by atoms with E-state index in [0.29, 0.717) is 11.6 Å². The van der Waals surface area contributed by atoms with Crippen molar-refractivity contribution >= 4 is 34.5 Å². The number of carboxylic acids is 1. The number of fused-ring (bicyclic) bond motifs is 1. The lowest BCUT2D eigenvalue weighted by molar-refractivity contribution is -0.141. The number of aliphatic carboxylic acids is 1. The number of benzene rings is 1. The molecule has 0 aliphatic carbocycles. The summed E-state index contributed by atoms with van der Waals surface area (Å²) < 4.78 is 0. The molecule has 6 nitrogen and oxygen atoms in total. The number of hydrogen-bond acceptors (Lipinski definition) is 3. The first-order valence-electron chi connectivity index (χ1n) is 8.70. The molecule has 7 heteroatoms. The molecule has 1 aromatic carbocycles. The summed E-state index contributed by atoms with van der Waals surface area (Å²) in [5.74, 6) is -1.84. The Morgan fingerprint density at radius 2 is 2.00 bits per heavy atom. The van der Waals surface area contributed by atoms with Crippen molar-refractivity contribution in [2.75, 3.05) is 13.1 Å². The van der Waals surface area contributed by atoms with Crippen LogP contribution in [0.15, 0.2) is 48.8 Å². The Morgan fingerprint density at radius 3 is 2.74 bits per heavy atom. The molecule has 2 N–H and O–H groups in total. The highest BCUT2D eigenvalue weighted by Crippen LogP contribution is 2.34. The van der Waals surface area contributed by atoms with E-state index in [0.717, 1.165) is 22.2 Å². The zero-order valence-corrected chi connectivity index (χ0v) is 15.2. The molecule has 0 bridgehead atoms. The Kier molecular flexibility index (Phi) is 4.58. The molecule has 0 saturated carbocycles. The fraction of sp³-hybridized carbons (Fsp3) is 0.250. The van der Waals surface area contributed by atoms with Gasteiger partial charge in [0, 0.05) is 41.8 Å². The summed E-state index contributed by atoms with van der Waals surface area (Å²) in [5.41, 5.74) is 2.49. The Morgan fingerprint density at radius 1 is 1.22 bits per heavy atom. The Hall–Kier alpha value is -2.86.